The first-order valence-electron chi connectivity index (χ1n) is 7.76. The second-order valence-corrected chi connectivity index (χ2v) is 6.16. The number of fused-ring (bicyclic) bond motifs is 3. The van der Waals surface area contributed by atoms with Crippen molar-refractivity contribution in [3.63, 3.8) is 0 Å². The van der Waals surface area contributed by atoms with Crippen molar-refractivity contribution in [3.8, 4) is 11.8 Å². The lowest BCUT2D eigenvalue weighted by Crippen LogP contribution is -2.43. The van der Waals surface area contributed by atoms with Gasteiger partial charge in [-0.1, -0.05) is 0 Å². The Balaban J connectivity index is 1.53. The molecule has 2 aliphatic rings. The normalized spacial score (nSPS) is 24.6. The highest BCUT2D eigenvalue weighted by molar-refractivity contribution is 5.95. The molecule has 7 nitrogen and oxygen atoms in total. The van der Waals surface area contributed by atoms with Crippen molar-refractivity contribution in [3.05, 3.63) is 29.8 Å². The van der Waals surface area contributed by atoms with Crippen molar-refractivity contribution in [2.24, 2.45) is 5.92 Å². The Morgan fingerprint density at radius 2 is 2.25 bits per heavy atom. The minimum Gasteiger partial charge on any atom is -0.472 e. The molecule has 2 unspecified atom stereocenters. The van der Waals surface area contributed by atoms with E-state index in [9.17, 15) is 9.59 Å². The standard InChI is InChI=1S/C17H15N3O4/c21-16(22)2-1-12-5-11-7-18-13(6-15(11)24-12)17(23)19-14-9-20-4-3-10(14)8-20/h5-7,10,14H,3-4,8-9H2,(H,19,23)(H,21,22)/t10-,14?/m0/s1. The maximum absolute atomic E-state index is 12.4. The van der Waals surface area contributed by atoms with Crippen LogP contribution in [0.5, 0.6) is 0 Å². The number of aliphatic carboxylic acids is 1. The van der Waals surface area contributed by atoms with Crippen LogP contribution in [-0.2, 0) is 4.79 Å². The molecule has 2 fully saturated rings. The zero-order valence-corrected chi connectivity index (χ0v) is 12.8. The van der Waals surface area contributed by atoms with E-state index in [1.54, 1.807) is 12.1 Å². The molecule has 2 aromatic rings. The van der Waals surface area contributed by atoms with Crippen LogP contribution in [0.15, 0.2) is 22.7 Å². The summed E-state index contributed by atoms with van der Waals surface area (Å²) >= 11 is 0. The number of aromatic nitrogens is 1. The van der Waals surface area contributed by atoms with Gasteiger partial charge >= 0.3 is 5.97 Å². The molecule has 2 bridgehead atoms. The summed E-state index contributed by atoms with van der Waals surface area (Å²) in [6.45, 7) is 3.07. The number of hydrogen-bond donors (Lipinski definition) is 2. The zero-order chi connectivity index (χ0) is 16.7. The topological polar surface area (TPSA) is 95.7 Å². The van der Waals surface area contributed by atoms with Gasteiger partial charge in [0.25, 0.3) is 5.91 Å². The number of amides is 1. The first-order valence-corrected chi connectivity index (χ1v) is 7.76. The van der Waals surface area contributed by atoms with Crippen LogP contribution in [0.1, 0.15) is 22.7 Å². The summed E-state index contributed by atoms with van der Waals surface area (Å²) in [7, 11) is 0. The van der Waals surface area contributed by atoms with E-state index in [-0.39, 0.29) is 23.4 Å². The van der Waals surface area contributed by atoms with Gasteiger partial charge in [0, 0.05) is 48.8 Å². The van der Waals surface area contributed by atoms with Gasteiger partial charge in [0.1, 0.15) is 11.3 Å². The second-order valence-electron chi connectivity index (χ2n) is 6.16. The largest absolute Gasteiger partial charge is 0.472 e. The summed E-state index contributed by atoms with van der Waals surface area (Å²) in [4.78, 5) is 29.4. The van der Waals surface area contributed by atoms with Crippen molar-refractivity contribution in [1.82, 2.24) is 15.2 Å². The third-order valence-corrected chi connectivity index (χ3v) is 4.58. The number of nitrogens with one attached hydrogen (secondary N) is 1. The number of pyridine rings is 1. The van der Waals surface area contributed by atoms with Crippen molar-refractivity contribution < 1.29 is 19.1 Å². The van der Waals surface area contributed by atoms with Crippen molar-refractivity contribution in [1.29, 1.82) is 0 Å². The van der Waals surface area contributed by atoms with Crippen molar-refractivity contribution in [2.45, 2.75) is 12.5 Å². The number of carboxylic acid groups (broad SMARTS) is 1. The molecule has 7 heteroatoms. The SMILES string of the molecule is O=C(O)C#Cc1cc2cnc(C(=O)NC3CN4CC[C@H]3C4)cc2o1. The molecule has 0 radical (unpaired) electrons. The van der Waals surface area contributed by atoms with E-state index < -0.39 is 5.97 Å². The molecule has 24 heavy (non-hydrogen) atoms. The fourth-order valence-electron chi connectivity index (χ4n) is 3.42. The first-order chi connectivity index (χ1) is 11.6. The molecule has 3 atom stereocenters. The number of rotatable bonds is 2. The van der Waals surface area contributed by atoms with Crippen molar-refractivity contribution in [2.75, 3.05) is 19.6 Å². The number of carbonyl (C=O) groups is 2. The monoisotopic (exact) mass is 325 g/mol. The quantitative estimate of drug-likeness (QED) is 0.789. The molecule has 2 aromatic heterocycles. The number of carboxylic acids is 1. The Morgan fingerprint density at radius 1 is 1.38 bits per heavy atom. The fraction of sp³-hybridized carbons (Fsp3) is 0.353. The van der Waals surface area contributed by atoms with Gasteiger partial charge in [-0.3, -0.25) is 9.78 Å². The Bertz CT molecular complexity index is 892. The van der Waals surface area contributed by atoms with E-state index in [2.05, 4.69) is 21.1 Å². The van der Waals surface area contributed by atoms with Gasteiger partial charge in [-0.05, 0) is 24.8 Å². The summed E-state index contributed by atoms with van der Waals surface area (Å²) in [6.07, 6.45) is 2.66. The molecule has 2 aliphatic heterocycles. The Kier molecular flexibility index (Phi) is 3.47. The van der Waals surface area contributed by atoms with Crippen LogP contribution >= 0.6 is 0 Å². The molecule has 0 spiro atoms. The highest BCUT2D eigenvalue weighted by Crippen LogP contribution is 2.28. The maximum Gasteiger partial charge on any atom is 0.382 e. The molecule has 122 valence electrons. The molecule has 4 heterocycles. The number of carbonyl (C=O) groups excluding carboxylic acids is 1. The highest BCUT2D eigenvalue weighted by Gasteiger charge is 2.38. The summed E-state index contributed by atoms with van der Waals surface area (Å²) in [5, 5.41) is 12.3. The van der Waals surface area contributed by atoms with Gasteiger partial charge < -0.3 is 19.7 Å². The van der Waals surface area contributed by atoms with Gasteiger partial charge in [0.2, 0.25) is 0 Å². The maximum atomic E-state index is 12.4. The van der Waals surface area contributed by atoms with Gasteiger partial charge in [-0.15, -0.1) is 0 Å². The molecular formula is C17H15N3O4. The summed E-state index contributed by atoms with van der Waals surface area (Å²) in [6, 6.07) is 3.34. The number of nitrogens with zero attached hydrogens (tertiary/aromatic N) is 2. The predicted molar refractivity (Wildman–Crippen MR) is 84.3 cm³/mol. The van der Waals surface area contributed by atoms with E-state index in [1.807, 2.05) is 5.92 Å². The summed E-state index contributed by atoms with van der Waals surface area (Å²) < 4.78 is 5.46. The zero-order valence-electron chi connectivity index (χ0n) is 12.8. The summed E-state index contributed by atoms with van der Waals surface area (Å²) in [5.41, 5.74) is 0.744. The molecule has 4 rings (SSSR count). The van der Waals surface area contributed by atoms with Crippen LogP contribution in [0, 0.1) is 17.8 Å². The molecule has 0 aromatic carbocycles. The highest BCUT2D eigenvalue weighted by atomic mass is 16.4. The van der Waals surface area contributed by atoms with Gasteiger partial charge in [0.05, 0.1) is 0 Å². The van der Waals surface area contributed by atoms with Crippen LogP contribution in [-0.4, -0.2) is 52.5 Å². The summed E-state index contributed by atoms with van der Waals surface area (Å²) in [5.74, 6) is 3.71. The van der Waals surface area contributed by atoms with Gasteiger partial charge in [-0.2, -0.15) is 0 Å². The Hall–Kier alpha value is -2.85. The third-order valence-electron chi connectivity index (χ3n) is 4.58. The van der Waals surface area contributed by atoms with Crippen LogP contribution in [0.2, 0.25) is 0 Å². The Morgan fingerprint density at radius 3 is 2.96 bits per heavy atom. The van der Waals surface area contributed by atoms with Crippen LogP contribution in [0.25, 0.3) is 11.0 Å². The average molecular weight is 325 g/mol. The lowest BCUT2D eigenvalue weighted by atomic mass is 10.00. The fourth-order valence-corrected chi connectivity index (χ4v) is 3.42. The van der Waals surface area contributed by atoms with E-state index in [0.717, 1.165) is 26.1 Å². The van der Waals surface area contributed by atoms with Crippen molar-refractivity contribution >= 4 is 22.8 Å². The van der Waals surface area contributed by atoms with E-state index >= 15 is 0 Å². The molecule has 2 saturated heterocycles. The van der Waals surface area contributed by atoms with Gasteiger partial charge in [-0.25, -0.2) is 4.79 Å². The molecule has 0 saturated carbocycles. The first kappa shape index (κ1) is 14.7. The molecule has 1 amide bonds. The third kappa shape index (κ3) is 2.72. The molecule has 2 N–H and O–H groups in total. The average Bonchev–Trinajstić information content (AvgIpc) is 3.26. The van der Waals surface area contributed by atoms with Crippen LogP contribution < -0.4 is 5.32 Å². The van der Waals surface area contributed by atoms with E-state index in [1.165, 1.54) is 6.20 Å². The molecular weight excluding hydrogens is 310 g/mol. The minimum atomic E-state index is -1.23. The Labute approximate surface area is 137 Å². The van der Waals surface area contributed by atoms with E-state index in [4.69, 9.17) is 9.52 Å². The lowest BCUT2D eigenvalue weighted by Gasteiger charge is -2.22. The van der Waals surface area contributed by atoms with Gasteiger partial charge in [0.15, 0.2) is 5.76 Å². The predicted octanol–water partition coefficient (Wildman–Crippen LogP) is 0.698. The van der Waals surface area contributed by atoms with Crippen LogP contribution in [0.4, 0.5) is 0 Å². The number of furan rings is 1. The number of hydrogen-bond acceptors (Lipinski definition) is 5. The number of piperidine rings is 1. The smallest absolute Gasteiger partial charge is 0.382 e. The minimum absolute atomic E-state index is 0.178. The second kappa shape index (κ2) is 5.65. The van der Waals surface area contributed by atoms with E-state index in [0.29, 0.717) is 16.9 Å². The van der Waals surface area contributed by atoms with Crippen LogP contribution in [0.3, 0.4) is 0 Å². The lowest BCUT2D eigenvalue weighted by molar-refractivity contribution is -0.130. The molecule has 0 aliphatic carbocycles.